The number of imidazole rings is 1. The number of carbonyl (C=O) groups is 2. The molecule has 0 spiro atoms. The van der Waals surface area contributed by atoms with Crippen molar-refractivity contribution < 1.29 is 36.6 Å². The number of aliphatic hydroxyl groups excluding tert-OH is 1. The predicted octanol–water partition coefficient (Wildman–Crippen LogP) is 4.25. The number of amides is 2. The average Bonchev–Trinajstić information content (AvgIpc) is 3.53. The van der Waals surface area contributed by atoms with Crippen molar-refractivity contribution in [2.45, 2.75) is 82.8 Å². The molecule has 1 aliphatic rings. The molecule has 1 saturated carbocycles. The van der Waals surface area contributed by atoms with Crippen LogP contribution in [0, 0.1) is 5.92 Å². The van der Waals surface area contributed by atoms with Gasteiger partial charge >= 0.3 is 6.18 Å². The first-order chi connectivity index (χ1) is 18.7. The van der Waals surface area contributed by atoms with Gasteiger partial charge in [-0.2, -0.15) is 23.4 Å². The second kappa shape index (κ2) is 11.5. The molecule has 0 unspecified atom stereocenters. The summed E-state index contributed by atoms with van der Waals surface area (Å²) in [6.45, 7) is 3.73. The van der Waals surface area contributed by atoms with Crippen LogP contribution in [-0.4, -0.2) is 53.4 Å². The number of hydrogen-bond donors (Lipinski definition) is 3. The summed E-state index contributed by atoms with van der Waals surface area (Å²) >= 11 is 0. The maximum absolute atomic E-state index is 13.9. The number of hydrogen-bond acceptors (Lipinski definition) is 6. The van der Waals surface area contributed by atoms with Crippen LogP contribution in [0.15, 0.2) is 30.7 Å². The number of halogens is 5. The number of fused-ring (bicyclic) bond motifs is 1. The Balaban J connectivity index is 1.57. The van der Waals surface area contributed by atoms with E-state index in [9.17, 15) is 36.6 Å². The number of aromatic nitrogens is 5. The number of aliphatic hydroxyl groups is 1. The Kier molecular flexibility index (Phi) is 8.42. The third-order valence-corrected chi connectivity index (χ3v) is 6.84. The summed E-state index contributed by atoms with van der Waals surface area (Å²) < 4.78 is 67.9. The second-order valence-corrected chi connectivity index (χ2v) is 10.2. The van der Waals surface area contributed by atoms with Crippen molar-refractivity contribution in [1.82, 2.24) is 35.0 Å². The van der Waals surface area contributed by atoms with Gasteiger partial charge in [-0.3, -0.25) is 14.3 Å². The van der Waals surface area contributed by atoms with Gasteiger partial charge in [0.05, 0.1) is 30.6 Å². The molecule has 0 bridgehead atoms. The van der Waals surface area contributed by atoms with Crippen LogP contribution in [0.4, 0.5) is 22.0 Å². The van der Waals surface area contributed by atoms with Crippen LogP contribution in [0.25, 0.3) is 5.65 Å². The van der Waals surface area contributed by atoms with Crippen LogP contribution in [0.1, 0.15) is 92.4 Å². The molecule has 2 amide bonds. The Morgan fingerprint density at radius 2 is 1.88 bits per heavy atom. The zero-order valence-corrected chi connectivity index (χ0v) is 21.8. The maximum atomic E-state index is 13.9. The summed E-state index contributed by atoms with van der Waals surface area (Å²) in [6.07, 6.45) is -4.44. The fourth-order valence-electron chi connectivity index (χ4n) is 4.72. The normalized spacial score (nSPS) is 17.6. The third kappa shape index (κ3) is 7.11. The monoisotopic (exact) mass is 571 g/mol. The predicted molar refractivity (Wildman–Crippen MR) is 131 cm³/mol. The first kappa shape index (κ1) is 29.4. The van der Waals surface area contributed by atoms with Crippen molar-refractivity contribution in [3.8, 4) is 0 Å². The quantitative estimate of drug-likeness (QED) is 0.260. The summed E-state index contributed by atoms with van der Waals surface area (Å²) in [7, 11) is 0. The molecule has 3 N–H and O–H groups in total. The molecule has 4 rings (SSSR count). The Labute approximate surface area is 225 Å². The summed E-state index contributed by atoms with van der Waals surface area (Å²) in [4.78, 5) is 29.6. The van der Waals surface area contributed by atoms with Crippen molar-refractivity contribution in [3.05, 3.63) is 47.7 Å². The fourth-order valence-corrected chi connectivity index (χ4v) is 4.72. The van der Waals surface area contributed by atoms with Crippen molar-refractivity contribution in [2.24, 2.45) is 5.92 Å². The van der Waals surface area contributed by atoms with Crippen molar-refractivity contribution in [1.29, 1.82) is 0 Å². The molecule has 0 aliphatic heterocycles. The first-order valence-electron chi connectivity index (χ1n) is 12.8. The van der Waals surface area contributed by atoms with E-state index in [-0.39, 0.29) is 48.9 Å². The van der Waals surface area contributed by atoms with Gasteiger partial charge in [-0.05, 0) is 44.7 Å². The van der Waals surface area contributed by atoms with Gasteiger partial charge in [0, 0.05) is 37.1 Å². The van der Waals surface area contributed by atoms with Crippen molar-refractivity contribution in [3.63, 3.8) is 0 Å². The van der Waals surface area contributed by atoms with Crippen LogP contribution in [0.3, 0.4) is 0 Å². The van der Waals surface area contributed by atoms with Gasteiger partial charge in [0.2, 0.25) is 11.8 Å². The van der Waals surface area contributed by atoms with E-state index in [1.54, 1.807) is 10.7 Å². The number of alkyl halides is 5. The summed E-state index contributed by atoms with van der Waals surface area (Å²) in [5.74, 6) is -4.57. The largest absolute Gasteiger partial charge is 0.389 e. The van der Waals surface area contributed by atoms with Crippen molar-refractivity contribution in [2.75, 3.05) is 0 Å². The van der Waals surface area contributed by atoms with Crippen LogP contribution >= 0.6 is 0 Å². The minimum Gasteiger partial charge on any atom is -0.369 e. The minimum atomic E-state index is -4.51. The van der Waals surface area contributed by atoms with Gasteiger partial charge in [-0.15, -0.1) is 0 Å². The molecule has 3 heterocycles. The topological polar surface area (TPSA) is 126 Å². The molecule has 3 aromatic heterocycles. The Morgan fingerprint density at radius 1 is 1.18 bits per heavy atom. The molecule has 15 heteroatoms. The maximum Gasteiger partial charge on any atom is 0.389 e. The molecule has 0 saturated heterocycles. The van der Waals surface area contributed by atoms with Crippen LogP contribution in [0.2, 0.25) is 0 Å². The molecule has 2 atom stereocenters. The highest BCUT2D eigenvalue weighted by Gasteiger charge is 2.39. The van der Waals surface area contributed by atoms with E-state index >= 15 is 0 Å². The standard InChI is InChI=1S/C25H30F5N7O3/c1-14(2)37-18(6-10-31-37)23(40)35-21(15-3-7-24(26,27)8-4-15)17-13-36-19(33-17)11-16(12-32-36)22(39)34-20(38)5-9-25(28,29)30/h6,10-15,21-22,39H,3-5,7-9H2,1-2H3,(H,34,38)(H,35,40)/t21-,22+/m0/s1. The number of carbonyl (C=O) groups excluding carboxylic acids is 2. The highest BCUT2D eigenvalue weighted by atomic mass is 19.4. The smallest absolute Gasteiger partial charge is 0.369 e. The lowest BCUT2D eigenvalue weighted by molar-refractivity contribution is -0.145. The SMILES string of the molecule is CC(C)n1nccc1C(=O)N[C@H](c1cn2ncc([C@@H](O)NC(=O)CCC(F)(F)F)cc2n1)C1CCC(F)(F)CC1. The zero-order chi connectivity index (χ0) is 29.2. The van der Waals surface area contributed by atoms with Crippen LogP contribution in [0.5, 0.6) is 0 Å². The molecular formula is C25H30F5N7O3. The Morgan fingerprint density at radius 3 is 2.52 bits per heavy atom. The molecule has 40 heavy (non-hydrogen) atoms. The Hall–Kier alpha value is -3.62. The van der Waals surface area contributed by atoms with E-state index in [1.165, 1.54) is 29.2 Å². The summed E-state index contributed by atoms with van der Waals surface area (Å²) in [5.41, 5.74) is 0.940. The van der Waals surface area contributed by atoms with E-state index in [4.69, 9.17) is 0 Å². The van der Waals surface area contributed by atoms with Crippen LogP contribution in [-0.2, 0) is 4.79 Å². The van der Waals surface area contributed by atoms with Gasteiger partial charge < -0.3 is 15.7 Å². The lowest BCUT2D eigenvalue weighted by Gasteiger charge is -2.33. The molecule has 1 aliphatic carbocycles. The number of nitrogens with one attached hydrogen (secondary N) is 2. The lowest BCUT2D eigenvalue weighted by atomic mass is 9.81. The highest BCUT2D eigenvalue weighted by molar-refractivity contribution is 5.92. The molecule has 3 aromatic rings. The average molecular weight is 572 g/mol. The highest BCUT2D eigenvalue weighted by Crippen LogP contribution is 2.41. The third-order valence-electron chi connectivity index (χ3n) is 6.84. The fraction of sp³-hybridized carbons (Fsp3) is 0.560. The number of rotatable bonds is 9. The molecule has 10 nitrogen and oxygen atoms in total. The van der Waals surface area contributed by atoms with E-state index in [2.05, 4.69) is 25.8 Å². The van der Waals surface area contributed by atoms with Gasteiger partial charge in [-0.1, -0.05) is 0 Å². The summed E-state index contributed by atoms with van der Waals surface area (Å²) in [5, 5.41) is 23.7. The van der Waals surface area contributed by atoms with E-state index in [0.717, 1.165) is 0 Å². The lowest BCUT2D eigenvalue weighted by Crippen LogP contribution is -2.38. The molecular weight excluding hydrogens is 541 g/mol. The molecule has 218 valence electrons. The van der Waals surface area contributed by atoms with Gasteiger partial charge in [0.25, 0.3) is 5.91 Å². The molecule has 0 aromatic carbocycles. The van der Waals surface area contributed by atoms with Crippen molar-refractivity contribution >= 4 is 17.5 Å². The van der Waals surface area contributed by atoms with E-state index < -0.39 is 49.0 Å². The summed E-state index contributed by atoms with van der Waals surface area (Å²) in [6, 6.07) is 2.10. The first-order valence-corrected chi connectivity index (χ1v) is 12.8. The molecule has 1 fully saturated rings. The second-order valence-electron chi connectivity index (χ2n) is 10.2. The zero-order valence-electron chi connectivity index (χ0n) is 21.8. The molecule has 0 radical (unpaired) electrons. The number of nitrogens with zero attached hydrogens (tertiary/aromatic N) is 5. The van der Waals surface area contributed by atoms with Crippen LogP contribution < -0.4 is 10.6 Å². The van der Waals surface area contributed by atoms with E-state index in [1.807, 2.05) is 13.8 Å². The van der Waals surface area contributed by atoms with E-state index in [0.29, 0.717) is 11.4 Å². The van der Waals surface area contributed by atoms with Gasteiger partial charge in [0.15, 0.2) is 11.9 Å². The minimum absolute atomic E-state index is 0.0729. The van der Waals surface area contributed by atoms with Gasteiger partial charge in [0.1, 0.15) is 5.69 Å². The Bertz CT molecular complexity index is 1340. The van der Waals surface area contributed by atoms with Gasteiger partial charge in [-0.25, -0.2) is 18.3 Å².